The van der Waals surface area contributed by atoms with Crippen molar-refractivity contribution in [3.63, 3.8) is 0 Å². The topological polar surface area (TPSA) is 62.5 Å². The minimum Gasteiger partial charge on any atom is -0.444 e. The average Bonchev–Trinajstić information content (AvgIpc) is 2.86. The van der Waals surface area contributed by atoms with Gasteiger partial charge >= 0.3 is 0 Å². The summed E-state index contributed by atoms with van der Waals surface area (Å²) in [5, 5.41) is 12.5. The van der Waals surface area contributed by atoms with E-state index < -0.39 is 6.10 Å². The molecule has 0 saturated heterocycles. The summed E-state index contributed by atoms with van der Waals surface area (Å²) in [5.41, 5.74) is 0.612. The van der Waals surface area contributed by atoms with E-state index in [0.29, 0.717) is 16.7 Å². The molecule has 0 radical (unpaired) electrons. The van der Waals surface area contributed by atoms with Crippen molar-refractivity contribution in [2.75, 3.05) is 6.54 Å². The maximum absolute atomic E-state index is 12.7. The van der Waals surface area contributed by atoms with Gasteiger partial charge in [0.05, 0.1) is 6.10 Å². The van der Waals surface area contributed by atoms with Gasteiger partial charge in [-0.05, 0) is 52.2 Å². The van der Waals surface area contributed by atoms with Gasteiger partial charge in [0, 0.05) is 6.54 Å². The molecule has 0 aliphatic rings. The van der Waals surface area contributed by atoms with Crippen molar-refractivity contribution in [3.05, 3.63) is 58.2 Å². The third-order valence-electron chi connectivity index (χ3n) is 2.76. The first-order valence-electron chi connectivity index (χ1n) is 6.03. The molecule has 2 rings (SSSR count). The SMILES string of the molecule is O=C(NCCC(O)c1ccc(F)cc1)c1ccc(Br)o1. The molecule has 0 bridgehead atoms. The van der Waals surface area contributed by atoms with Crippen molar-refractivity contribution < 1.29 is 18.7 Å². The summed E-state index contributed by atoms with van der Waals surface area (Å²) < 4.78 is 18.3. The highest BCUT2D eigenvalue weighted by atomic mass is 79.9. The van der Waals surface area contributed by atoms with Gasteiger partial charge in [0.25, 0.3) is 5.91 Å². The normalized spacial score (nSPS) is 12.2. The molecule has 0 spiro atoms. The number of hydrogen-bond acceptors (Lipinski definition) is 3. The van der Waals surface area contributed by atoms with E-state index in [9.17, 15) is 14.3 Å². The molecule has 1 aromatic carbocycles. The smallest absolute Gasteiger partial charge is 0.287 e. The zero-order valence-electron chi connectivity index (χ0n) is 10.5. The first-order valence-corrected chi connectivity index (χ1v) is 6.82. The maximum atomic E-state index is 12.7. The van der Waals surface area contributed by atoms with Crippen LogP contribution in [0.1, 0.15) is 28.6 Å². The van der Waals surface area contributed by atoms with E-state index in [-0.39, 0.29) is 24.0 Å². The molecule has 1 amide bonds. The second kappa shape index (κ2) is 6.67. The minimum atomic E-state index is -0.751. The molecular formula is C14H13BrFNO3. The Hall–Kier alpha value is -1.66. The predicted molar refractivity (Wildman–Crippen MR) is 74.7 cm³/mol. The zero-order chi connectivity index (χ0) is 14.5. The average molecular weight is 342 g/mol. The van der Waals surface area contributed by atoms with Crippen LogP contribution in [0, 0.1) is 5.82 Å². The molecule has 0 saturated carbocycles. The molecule has 1 heterocycles. The monoisotopic (exact) mass is 341 g/mol. The van der Waals surface area contributed by atoms with Crippen LogP contribution in [0.3, 0.4) is 0 Å². The van der Waals surface area contributed by atoms with Crippen LogP contribution in [0.15, 0.2) is 45.5 Å². The van der Waals surface area contributed by atoms with Crippen LogP contribution in [0.25, 0.3) is 0 Å². The van der Waals surface area contributed by atoms with Crippen LogP contribution in [0.4, 0.5) is 4.39 Å². The Kier molecular flexibility index (Phi) is 4.92. The molecule has 2 N–H and O–H groups in total. The highest BCUT2D eigenvalue weighted by molar-refractivity contribution is 9.10. The van der Waals surface area contributed by atoms with Gasteiger partial charge in [-0.15, -0.1) is 0 Å². The second-order valence-electron chi connectivity index (χ2n) is 4.22. The van der Waals surface area contributed by atoms with Gasteiger partial charge in [-0.3, -0.25) is 4.79 Å². The molecule has 1 aromatic heterocycles. The molecule has 1 atom stereocenters. The highest BCUT2D eigenvalue weighted by Crippen LogP contribution is 2.17. The summed E-state index contributed by atoms with van der Waals surface area (Å²) in [7, 11) is 0. The molecule has 20 heavy (non-hydrogen) atoms. The fourth-order valence-corrected chi connectivity index (χ4v) is 2.00. The van der Waals surface area contributed by atoms with Gasteiger partial charge < -0.3 is 14.8 Å². The largest absolute Gasteiger partial charge is 0.444 e. The summed E-state index contributed by atoms with van der Waals surface area (Å²) in [6.45, 7) is 0.287. The summed E-state index contributed by atoms with van der Waals surface area (Å²) in [6.07, 6.45) is -0.418. The van der Waals surface area contributed by atoms with Crippen LogP contribution in [-0.4, -0.2) is 17.6 Å². The number of halogens is 2. The zero-order valence-corrected chi connectivity index (χ0v) is 12.1. The van der Waals surface area contributed by atoms with E-state index in [1.165, 1.54) is 24.3 Å². The number of furan rings is 1. The van der Waals surface area contributed by atoms with Crippen LogP contribution < -0.4 is 5.32 Å². The first kappa shape index (κ1) is 14.7. The molecule has 2 aromatic rings. The standard InChI is InChI=1S/C14H13BrFNO3/c15-13-6-5-12(20-13)14(19)17-8-7-11(18)9-1-3-10(16)4-2-9/h1-6,11,18H,7-8H2,(H,17,19). The predicted octanol–water partition coefficient (Wildman–Crippen LogP) is 3.03. The van der Waals surface area contributed by atoms with Crippen LogP contribution in [0.2, 0.25) is 0 Å². The molecule has 106 valence electrons. The summed E-state index contributed by atoms with van der Waals surface area (Å²) >= 11 is 3.11. The summed E-state index contributed by atoms with van der Waals surface area (Å²) in [5.74, 6) is -0.493. The number of aliphatic hydroxyl groups excluding tert-OH is 1. The van der Waals surface area contributed by atoms with E-state index in [2.05, 4.69) is 21.2 Å². The Balaban J connectivity index is 1.80. The fourth-order valence-electron chi connectivity index (χ4n) is 1.70. The Morgan fingerprint density at radius 2 is 2.00 bits per heavy atom. The minimum absolute atomic E-state index is 0.202. The Morgan fingerprint density at radius 3 is 2.60 bits per heavy atom. The van der Waals surface area contributed by atoms with Gasteiger partial charge in [-0.1, -0.05) is 12.1 Å². The lowest BCUT2D eigenvalue weighted by atomic mass is 10.1. The van der Waals surface area contributed by atoms with E-state index in [1.54, 1.807) is 12.1 Å². The number of aliphatic hydroxyl groups is 1. The van der Waals surface area contributed by atoms with E-state index >= 15 is 0 Å². The molecule has 0 aliphatic carbocycles. The van der Waals surface area contributed by atoms with Crippen molar-refractivity contribution in [2.45, 2.75) is 12.5 Å². The van der Waals surface area contributed by atoms with Crippen LogP contribution >= 0.6 is 15.9 Å². The number of benzene rings is 1. The number of amides is 1. The molecule has 0 fully saturated rings. The number of nitrogens with one attached hydrogen (secondary N) is 1. The summed E-state index contributed by atoms with van der Waals surface area (Å²) in [4.78, 5) is 11.7. The number of carbonyl (C=O) groups is 1. The maximum Gasteiger partial charge on any atom is 0.287 e. The van der Waals surface area contributed by atoms with Gasteiger partial charge in [0.1, 0.15) is 5.82 Å². The number of hydrogen-bond donors (Lipinski definition) is 2. The van der Waals surface area contributed by atoms with Crippen molar-refractivity contribution in [2.24, 2.45) is 0 Å². The van der Waals surface area contributed by atoms with E-state index in [0.717, 1.165) is 0 Å². The van der Waals surface area contributed by atoms with E-state index in [1.807, 2.05) is 0 Å². The lowest BCUT2D eigenvalue weighted by Crippen LogP contribution is -2.25. The molecule has 1 unspecified atom stereocenters. The molecular weight excluding hydrogens is 329 g/mol. The van der Waals surface area contributed by atoms with Gasteiger partial charge in [-0.25, -0.2) is 4.39 Å². The van der Waals surface area contributed by atoms with Crippen LogP contribution in [-0.2, 0) is 0 Å². The number of rotatable bonds is 5. The van der Waals surface area contributed by atoms with Gasteiger partial charge in [-0.2, -0.15) is 0 Å². The van der Waals surface area contributed by atoms with Crippen molar-refractivity contribution in [3.8, 4) is 0 Å². The third kappa shape index (κ3) is 3.91. The fraction of sp³-hybridized carbons (Fsp3) is 0.214. The van der Waals surface area contributed by atoms with Crippen molar-refractivity contribution in [1.29, 1.82) is 0 Å². The van der Waals surface area contributed by atoms with Crippen LogP contribution in [0.5, 0.6) is 0 Å². The molecule has 6 heteroatoms. The quantitative estimate of drug-likeness (QED) is 0.878. The Morgan fingerprint density at radius 1 is 1.30 bits per heavy atom. The molecule has 0 aliphatic heterocycles. The van der Waals surface area contributed by atoms with Crippen molar-refractivity contribution in [1.82, 2.24) is 5.32 Å². The molecule has 4 nitrogen and oxygen atoms in total. The second-order valence-corrected chi connectivity index (χ2v) is 5.00. The third-order valence-corrected chi connectivity index (χ3v) is 3.18. The Labute approximate surface area is 123 Å². The lowest BCUT2D eigenvalue weighted by molar-refractivity contribution is 0.0914. The van der Waals surface area contributed by atoms with Crippen molar-refractivity contribution >= 4 is 21.8 Å². The lowest BCUT2D eigenvalue weighted by Gasteiger charge is -2.11. The highest BCUT2D eigenvalue weighted by Gasteiger charge is 2.12. The van der Waals surface area contributed by atoms with Gasteiger partial charge in [0.2, 0.25) is 0 Å². The Bertz CT molecular complexity index is 582. The van der Waals surface area contributed by atoms with E-state index in [4.69, 9.17) is 4.42 Å². The summed E-state index contributed by atoms with van der Waals surface area (Å²) in [6, 6.07) is 8.80. The van der Waals surface area contributed by atoms with Gasteiger partial charge in [0.15, 0.2) is 10.4 Å². The number of carbonyl (C=O) groups excluding carboxylic acids is 1. The first-order chi connectivity index (χ1) is 9.56.